The van der Waals surface area contributed by atoms with Crippen molar-refractivity contribution in [1.82, 2.24) is 19.8 Å². The van der Waals surface area contributed by atoms with Crippen molar-refractivity contribution in [2.45, 2.75) is 32.9 Å². The number of nitrogens with one attached hydrogen (secondary N) is 1. The summed E-state index contributed by atoms with van der Waals surface area (Å²) in [6, 6.07) is 0. The molecule has 1 N–H and O–H groups in total. The molecule has 0 bridgehead atoms. The van der Waals surface area contributed by atoms with Crippen LogP contribution in [0, 0.1) is 0 Å². The SMILES string of the molecule is CCCn1cncc1CNCCCN(C)C. The van der Waals surface area contributed by atoms with E-state index in [9.17, 15) is 0 Å². The van der Waals surface area contributed by atoms with Gasteiger partial charge < -0.3 is 14.8 Å². The molecule has 1 rings (SSSR count). The van der Waals surface area contributed by atoms with Crippen molar-refractivity contribution in [3.63, 3.8) is 0 Å². The number of hydrogen-bond donors (Lipinski definition) is 1. The molecule has 4 nitrogen and oxygen atoms in total. The molecule has 4 heteroatoms. The van der Waals surface area contributed by atoms with Gasteiger partial charge in [0.15, 0.2) is 0 Å². The maximum absolute atomic E-state index is 4.18. The van der Waals surface area contributed by atoms with Gasteiger partial charge in [0.2, 0.25) is 0 Å². The number of aryl methyl sites for hydroxylation is 1. The third kappa shape index (κ3) is 4.77. The van der Waals surface area contributed by atoms with E-state index in [-0.39, 0.29) is 0 Å². The largest absolute Gasteiger partial charge is 0.333 e. The van der Waals surface area contributed by atoms with E-state index in [2.05, 4.69) is 40.8 Å². The molecule has 0 unspecified atom stereocenters. The van der Waals surface area contributed by atoms with Gasteiger partial charge in [-0.05, 0) is 40.0 Å². The molecule has 16 heavy (non-hydrogen) atoms. The lowest BCUT2D eigenvalue weighted by Gasteiger charge is -2.10. The van der Waals surface area contributed by atoms with Gasteiger partial charge in [-0.3, -0.25) is 0 Å². The van der Waals surface area contributed by atoms with Crippen LogP contribution in [0.2, 0.25) is 0 Å². The fourth-order valence-corrected chi connectivity index (χ4v) is 1.67. The second kappa shape index (κ2) is 7.41. The molecule has 0 saturated heterocycles. The Morgan fingerprint density at radius 2 is 2.25 bits per heavy atom. The molecule has 0 amide bonds. The Bertz CT molecular complexity index is 280. The number of hydrogen-bond acceptors (Lipinski definition) is 3. The molecule has 1 heterocycles. The summed E-state index contributed by atoms with van der Waals surface area (Å²) in [4.78, 5) is 6.39. The molecule has 1 aromatic heterocycles. The predicted molar refractivity (Wildman–Crippen MR) is 67.4 cm³/mol. The molecule has 92 valence electrons. The van der Waals surface area contributed by atoms with Crippen molar-refractivity contribution in [2.24, 2.45) is 0 Å². The van der Waals surface area contributed by atoms with E-state index in [1.54, 1.807) is 0 Å². The van der Waals surface area contributed by atoms with E-state index in [4.69, 9.17) is 0 Å². The van der Waals surface area contributed by atoms with E-state index >= 15 is 0 Å². The number of rotatable bonds is 8. The Hall–Kier alpha value is -0.870. The van der Waals surface area contributed by atoms with Crippen LogP contribution in [0.5, 0.6) is 0 Å². The monoisotopic (exact) mass is 224 g/mol. The zero-order valence-corrected chi connectivity index (χ0v) is 10.7. The van der Waals surface area contributed by atoms with Gasteiger partial charge in [-0.25, -0.2) is 4.98 Å². The maximum atomic E-state index is 4.18. The van der Waals surface area contributed by atoms with Crippen molar-refractivity contribution in [3.05, 3.63) is 18.2 Å². The van der Waals surface area contributed by atoms with Gasteiger partial charge in [0.25, 0.3) is 0 Å². The Morgan fingerprint density at radius 1 is 1.44 bits per heavy atom. The van der Waals surface area contributed by atoms with Gasteiger partial charge in [0, 0.05) is 19.3 Å². The molecule has 0 radical (unpaired) electrons. The molecular formula is C12H24N4. The average molecular weight is 224 g/mol. The molecule has 0 spiro atoms. The maximum Gasteiger partial charge on any atom is 0.0948 e. The van der Waals surface area contributed by atoms with Crippen LogP contribution in [0.25, 0.3) is 0 Å². The van der Waals surface area contributed by atoms with E-state index in [1.807, 2.05) is 12.5 Å². The summed E-state index contributed by atoms with van der Waals surface area (Å²) in [5.41, 5.74) is 1.28. The Kier molecular flexibility index (Phi) is 6.11. The lowest BCUT2D eigenvalue weighted by atomic mass is 10.3. The van der Waals surface area contributed by atoms with Crippen LogP contribution in [0.15, 0.2) is 12.5 Å². The van der Waals surface area contributed by atoms with E-state index in [1.165, 1.54) is 12.1 Å². The van der Waals surface area contributed by atoms with E-state index < -0.39 is 0 Å². The summed E-state index contributed by atoms with van der Waals surface area (Å²) in [5, 5.41) is 3.45. The van der Waals surface area contributed by atoms with Crippen molar-refractivity contribution in [1.29, 1.82) is 0 Å². The minimum atomic E-state index is 0.924. The molecular weight excluding hydrogens is 200 g/mol. The summed E-state index contributed by atoms with van der Waals surface area (Å²) in [6.45, 7) is 6.38. The normalized spacial score (nSPS) is 11.2. The lowest BCUT2D eigenvalue weighted by Crippen LogP contribution is -2.22. The quantitative estimate of drug-likeness (QED) is 0.676. The molecule has 0 saturated carbocycles. The third-order valence-electron chi connectivity index (χ3n) is 2.53. The fourth-order valence-electron chi connectivity index (χ4n) is 1.67. The van der Waals surface area contributed by atoms with Crippen molar-refractivity contribution >= 4 is 0 Å². The topological polar surface area (TPSA) is 33.1 Å². The average Bonchev–Trinajstić information content (AvgIpc) is 2.65. The van der Waals surface area contributed by atoms with Crippen LogP contribution in [0.1, 0.15) is 25.5 Å². The highest BCUT2D eigenvalue weighted by Crippen LogP contribution is 2.00. The van der Waals surface area contributed by atoms with Gasteiger partial charge in [-0.1, -0.05) is 6.92 Å². The first-order chi connectivity index (χ1) is 7.74. The summed E-state index contributed by atoms with van der Waals surface area (Å²) in [6.07, 6.45) is 6.22. The molecule has 0 atom stereocenters. The van der Waals surface area contributed by atoms with Crippen molar-refractivity contribution in [3.8, 4) is 0 Å². The molecule has 0 aromatic carbocycles. The molecule has 0 fully saturated rings. The number of nitrogens with zero attached hydrogens (tertiary/aromatic N) is 3. The fraction of sp³-hybridized carbons (Fsp3) is 0.750. The van der Waals surface area contributed by atoms with Crippen LogP contribution in [-0.4, -0.2) is 41.6 Å². The first kappa shape index (κ1) is 13.2. The van der Waals surface area contributed by atoms with Crippen LogP contribution in [0.4, 0.5) is 0 Å². The highest BCUT2D eigenvalue weighted by molar-refractivity contribution is 4.97. The highest BCUT2D eigenvalue weighted by atomic mass is 15.1. The number of aromatic nitrogens is 2. The second-order valence-corrected chi connectivity index (χ2v) is 4.41. The molecule has 0 aliphatic rings. The van der Waals surface area contributed by atoms with Gasteiger partial charge in [0.1, 0.15) is 0 Å². The van der Waals surface area contributed by atoms with Gasteiger partial charge >= 0.3 is 0 Å². The summed E-state index contributed by atoms with van der Waals surface area (Å²) < 4.78 is 2.22. The van der Waals surface area contributed by atoms with Gasteiger partial charge in [-0.2, -0.15) is 0 Å². The van der Waals surface area contributed by atoms with E-state index in [0.29, 0.717) is 0 Å². The minimum Gasteiger partial charge on any atom is -0.333 e. The smallest absolute Gasteiger partial charge is 0.0948 e. The Morgan fingerprint density at radius 3 is 2.94 bits per heavy atom. The molecule has 1 aromatic rings. The summed E-state index contributed by atoms with van der Waals surface area (Å²) >= 11 is 0. The molecule has 0 aliphatic carbocycles. The first-order valence-corrected chi connectivity index (χ1v) is 6.08. The standard InChI is InChI=1S/C12H24N4/c1-4-7-16-11-14-10-12(16)9-13-6-5-8-15(2)3/h10-11,13H,4-9H2,1-3H3. The lowest BCUT2D eigenvalue weighted by molar-refractivity contribution is 0.393. The summed E-state index contributed by atoms with van der Waals surface area (Å²) in [7, 11) is 4.21. The third-order valence-corrected chi connectivity index (χ3v) is 2.53. The highest BCUT2D eigenvalue weighted by Gasteiger charge is 2.00. The van der Waals surface area contributed by atoms with Gasteiger partial charge in [-0.15, -0.1) is 0 Å². The zero-order valence-electron chi connectivity index (χ0n) is 10.7. The van der Waals surface area contributed by atoms with Crippen LogP contribution in [-0.2, 0) is 13.1 Å². The van der Waals surface area contributed by atoms with E-state index in [0.717, 1.165) is 32.6 Å². The van der Waals surface area contributed by atoms with Crippen LogP contribution in [0.3, 0.4) is 0 Å². The Labute approximate surface area is 98.7 Å². The minimum absolute atomic E-state index is 0.924. The number of imidazole rings is 1. The van der Waals surface area contributed by atoms with Crippen molar-refractivity contribution in [2.75, 3.05) is 27.2 Å². The van der Waals surface area contributed by atoms with Crippen LogP contribution >= 0.6 is 0 Å². The molecule has 0 aliphatic heterocycles. The van der Waals surface area contributed by atoms with Gasteiger partial charge in [0.05, 0.1) is 12.0 Å². The van der Waals surface area contributed by atoms with Crippen LogP contribution < -0.4 is 5.32 Å². The second-order valence-electron chi connectivity index (χ2n) is 4.41. The predicted octanol–water partition coefficient (Wildman–Crippen LogP) is 1.33. The zero-order chi connectivity index (χ0) is 11.8. The summed E-state index contributed by atoms with van der Waals surface area (Å²) in [5.74, 6) is 0. The first-order valence-electron chi connectivity index (χ1n) is 6.08. The van der Waals surface area contributed by atoms with Crippen molar-refractivity contribution < 1.29 is 0 Å². The Balaban J connectivity index is 2.18.